The maximum Gasteiger partial charge on any atom is 0.0773 e. The molecule has 1 unspecified atom stereocenters. The summed E-state index contributed by atoms with van der Waals surface area (Å²) in [6, 6.07) is 8.11. The molecule has 3 N–H and O–H groups in total. The molecule has 0 radical (unpaired) electrons. The molecule has 2 aromatic rings. The second kappa shape index (κ2) is 6.04. The lowest BCUT2D eigenvalue weighted by molar-refractivity contribution is 0.535. The van der Waals surface area contributed by atoms with Gasteiger partial charge in [0.05, 0.1) is 23.6 Å². The van der Waals surface area contributed by atoms with E-state index in [1.165, 1.54) is 5.56 Å². The largest absolute Gasteiger partial charge is 0.271 e. The van der Waals surface area contributed by atoms with Gasteiger partial charge in [0.25, 0.3) is 0 Å². The van der Waals surface area contributed by atoms with Crippen LogP contribution in [0, 0.1) is 6.92 Å². The summed E-state index contributed by atoms with van der Waals surface area (Å²) >= 11 is 3.46. The van der Waals surface area contributed by atoms with E-state index in [0.29, 0.717) is 0 Å². The maximum absolute atomic E-state index is 5.60. The Morgan fingerprint density at radius 2 is 2.17 bits per heavy atom. The number of nitrogens with two attached hydrogens (primary N) is 1. The van der Waals surface area contributed by atoms with E-state index in [0.717, 1.165) is 22.3 Å². The summed E-state index contributed by atoms with van der Waals surface area (Å²) in [4.78, 5) is 8.59. The van der Waals surface area contributed by atoms with Crippen molar-refractivity contribution in [2.75, 3.05) is 0 Å². The minimum Gasteiger partial charge on any atom is -0.271 e. The van der Waals surface area contributed by atoms with Gasteiger partial charge in [-0.15, -0.1) is 0 Å². The molecule has 0 aliphatic carbocycles. The fraction of sp³-hybridized carbons (Fsp3) is 0.231. The molecule has 1 heterocycles. The Labute approximate surface area is 115 Å². The van der Waals surface area contributed by atoms with Crippen LogP contribution in [0.4, 0.5) is 0 Å². The van der Waals surface area contributed by atoms with Crippen LogP contribution in [0.15, 0.2) is 41.1 Å². The second-order valence-electron chi connectivity index (χ2n) is 4.14. The molecule has 18 heavy (non-hydrogen) atoms. The van der Waals surface area contributed by atoms with Gasteiger partial charge in [0.15, 0.2) is 0 Å². The molecule has 0 aliphatic rings. The number of benzene rings is 1. The minimum atomic E-state index is -0.0348. The molecule has 0 spiro atoms. The Morgan fingerprint density at radius 1 is 1.33 bits per heavy atom. The predicted octanol–water partition coefficient (Wildman–Crippen LogP) is 2.29. The fourth-order valence-corrected chi connectivity index (χ4v) is 2.18. The van der Waals surface area contributed by atoms with Gasteiger partial charge in [0.1, 0.15) is 0 Å². The average Bonchev–Trinajstić information content (AvgIpc) is 2.37. The van der Waals surface area contributed by atoms with E-state index in [4.69, 9.17) is 5.84 Å². The molecule has 5 heteroatoms. The maximum atomic E-state index is 5.60. The number of hydrazine groups is 1. The number of hydrogen-bond donors (Lipinski definition) is 2. The van der Waals surface area contributed by atoms with Crippen LogP contribution < -0.4 is 11.3 Å². The Balaban J connectivity index is 2.17. The first-order valence-electron chi connectivity index (χ1n) is 5.68. The molecule has 4 nitrogen and oxygen atoms in total. The van der Waals surface area contributed by atoms with Crippen LogP contribution >= 0.6 is 15.9 Å². The van der Waals surface area contributed by atoms with E-state index >= 15 is 0 Å². The highest BCUT2D eigenvalue weighted by Crippen LogP contribution is 2.18. The zero-order valence-electron chi connectivity index (χ0n) is 10.1. The van der Waals surface area contributed by atoms with Gasteiger partial charge in [-0.2, -0.15) is 0 Å². The van der Waals surface area contributed by atoms with Gasteiger partial charge in [-0.3, -0.25) is 21.2 Å². The van der Waals surface area contributed by atoms with Crippen molar-refractivity contribution in [2.45, 2.75) is 19.4 Å². The molecule has 1 atom stereocenters. The lowest BCUT2D eigenvalue weighted by Gasteiger charge is -2.15. The topological polar surface area (TPSA) is 63.8 Å². The van der Waals surface area contributed by atoms with Crippen LogP contribution in [0.2, 0.25) is 0 Å². The Morgan fingerprint density at radius 3 is 2.78 bits per heavy atom. The molecule has 0 saturated carbocycles. The number of aryl methyl sites for hydroxylation is 1. The highest BCUT2D eigenvalue weighted by atomic mass is 79.9. The Hall–Kier alpha value is -1.30. The molecule has 1 aromatic heterocycles. The molecule has 0 fully saturated rings. The number of rotatable bonds is 4. The van der Waals surface area contributed by atoms with Crippen LogP contribution in [-0.4, -0.2) is 9.97 Å². The smallest absolute Gasteiger partial charge is 0.0773 e. The van der Waals surface area contributed by atoms with E-state index in [1.54, 1.807) is 12.4 Å². The first kappa shape index (κ1) is 13.1. The van der Waals surface area contributed by atoms with Crippen molar-refractivity contribution in [3.8, 4) is 0 Å². The Kier molecular flexibility index (Phi) is 4.41. The highest BCUT2D eigenvalue weighted by molar-refractivity contribution is 9.10. The molecule has 0 saturated heterocycles. The highest BCUT2D eigenvalue weighted by Gasteiger charge is 2.12. The summed E-state index contributed by atoms with van der Waals surface area (Å²) in [6.07, 6.45) is 4.28. The normalized spacial score (nSPS) is 12.4. The van der Waals surface area contributed by atoms with Crippen LogP contribution in [0.25, 0.3) is 0 Å². The molecule has 0 aliphatic heterocycles. The predicted molar refractivity (Wildman–Crippen MR) is 74.7 cm³/mol. The lowest BCUT2D eigenvalue weighted by atomic mass is 10.0. The third kappa shape index (κ3) is 3.35. The van der Waals surface area contributed by atoms with E-state index in [9.17, 15) is 0 Å². The van der Waals surface area contributed by atoms with Gasteiger partial charge in [-0.1, -0.05) is 28.1 Å². The van der Waals surface area contributed by atoms with Gasteiger partial charge in [-0.25, -0.2) is 0 Å². The summed E-state index contributed by atoms with van der Waals surface area (Å²) in [5, 5.41) is 0. The number of hydrogen-bond acceptors (Lipinski definition) is 4. The molecule has 0 amide bonds. The summed E-state index contributed by atoms with van der Waals surface area (Å²) in [5.74, 6) is 5.60. The lowest BCUT2D eigenvalue weighted by Crippen LogP contribution is -2.30. The molecule has 1 aromatic carbocycles. The minimum absolute atomic E-state index is 0.0348. The summed E-state index contributed by atoms with van der Waals surface area (Å²) in [5.41, 5.74) is 5.73. The average molecular weight is 307 g/mol. The summed E-state index contributed by atoms with van der Waals surface area (Å²) in [6.45, 7) is 1.91. The fourth-order valence-electron chi connectivity index (χ4n) is 1.73. The van der Waals surface area contributed by atoms with Crippen molar-refractivity contribution < 1.29 is 0 Å². The van der Waals surface area contributed by atoms with Gasteiger partial charge in [0, 0.05) is 10.7 Å². The number of aromatic nitrogens is 2. The van der Waals surface area contributed by atoms with E-state index in [1.807, 2.05) is 19.1 Å². The van der Waals surface area contributed by atoms with Crippen molar-refractivity contribution >= 4 is 15.9 Å². The molecule has 2 rings (SSSR count). The monoisotopic (exact) mass is 306 g/mol. The Bertz CT molecular complexity index is 513. The van der Waals surface area contributed by atoms with E-state index in [2.05, 4.69) is 43.5 Å². The second-order valence-corrected chi connectivity index (χ2v) is 5.05. The standard InChI is InChI=1S/C13H15BrN4/c1-9-7-17-13(8-16-9)12(18-15)6-10-3-2-4-11(14)5-10/h2-5,7-8,12,18H,6,15H2,1H3. The van der Waals surface area contributed by atoms with Crippen molar-refractivity contribution in [1.29, 1.82) is 0 Å². The quantitative estimate of drug-likeness (QED) is 0.672. The van der Waals surface area contributed by atoms with Gasteiger partial charge >= 0.3 is 0 Å². The van der Waals surface area contributed by atoms with Crippen LogP contribution in [0.5, 0.6) is 0 Å². The van der Waals surface area contributed by atoms with E-state index < -0.39 is 0 Å². The molecular formula is C13H15BrN4. The summed E-state index contributed by atoms with van der Waals surface area (Å²) < 4.78 is 1.06. The third-order valence-corrected chi connectivity index (χ3v) is 3.18. The van der Waals surface area contributed by atoms with Crippen molar-refractivity contribution in [1.82, 2.24) is 15.4 Å². The summed E-state index contributed by atoms with van der Waals surface area (Å²) in [7, 11) is 0. The van der Waals surface area contributed by atoms with Gasteiger partial charge in [0.2, 0.25) is 0 Å². The number of halogens is 1. The first-order valence-corrected chi connectivity index (χ1v) is 6.47. The van der Waals surface area contributed by atoms with Crippen molar-refractivity contribution in [2.24, 2.45) is 5.84 Å². The molecule has 94 valence electrons. The van der Waals surface area contributed by atoms with Gasteiger partial charge in [-0.05, 0) is 31.0 Å². The zero-order valence-corrected chi connectivity index (χ0v) is 11.7. The SMILES string of the molecule is Cc1cnc(C(Cc2cccc(Br)c2)NN)cn1. The van der Waals surface area contributed by atoms with Crippen molar-refractivity contribution in [3.63, 3.8) is 0 Å². The first-order chi connectivity index (χ1) is 8.69. The van der Waals surface area contributed by atoms with Gasteiger partial charge < -0.3 is 0 Å². The number of nitrogens with zero attached hydrogens (tertiary/aromatic N) is 2. The third-order valence-electron chi connectivity index (χ3n) is 2.69. The molecular weight excluding hydrogens is 292 g/mol. The van der Waals surface area contributed by atoms with Crippen LogP contribution in [0.3, 0.4) is 0 Å². The number of nitrogens with one attached hydrogen (secondary N) is 1. The van der Waals surface area contributed by atoms with Crippen LogP contribution in [-0.2, 0) is 6.42 Å². The van der Waals surface area contributed by atoms with Crippen molar-refractivity contribution in [3.05, 3.63) is 58.1 Å². The van der Waals surface area contributed by atoms with E-state index in [-0.39, 0.29) is 6.04 Å². The zero-order chi connectivity index (χ0) is 13.0. The van der Waals surface area contributed by atoms with Crippen LogP contribution in [0.1, 0.15) is 23.0 Å². The molecule has 0 bridgehead atoms.